The van der Waals surface area contributed by atoms with Gasteiger partial charge in [-0.3, -0.25) is 19.7 Å². The molecular weight excluding hydrogens is 344 g/mol. The fraction of sp³-hybridized carbons (Fsp3) is 0.385. The Morgan fingerprint density at radius 3 is 2.62 bits per heavy atom. The van der Waals surface area contributed by atoms with Gasteiger partial charge in [-0.2, -0.15) is 0 Å². The molecule has 0 aromatic heterocycles. The van der Waals surface area contributed by atoms with Crippen molar-refractivity contribution in [2.45, 2.75) is 32.2 Å². The predicted octanol–water partition coefficient (Wildman–Crippen LogP) is 2.73. The molecule has 0 radical (unpaired) electrons. The summed E-state index contributed by atoms with van der Waals surface area (Å²) in [4.78, 5) is 33.0. The van der Waals surface area contributed by atoms with Crippen molar-refractivity contribution in [3.05, 3.63) is 38.3 Å². The molecule has 1 unspecified atom stereocenters. The fourth-order valence-corrected chi connectivity index (χ4v) is 2.35. The van der Waals surface area contributed by atoms with Crippen LogP contribution < -0.4 is 5.32 Å². The first-order valence-electron chi connectivity index (χ1n) is 6.31. The van der Waals surface area contributed by atoms with Crippen LogP contribution in [0, 0.1) is 10.1 Å². The number of nitro groups is 1. The molecule has 1 amide bonds. The van der Waals surface area contributed by atoms with E-state index in [2.05, 4.69) is 21.2 Å². The molecule has 0 aliphatic heterocycles. The highest BCUT2D eigenvalue weighted by Gasteiger charge is 2.18. The highest BCUT2D eigenvalue weighted by atomic mass is 79.9. The molecule has 0 aliphatic rings. The number of carboxylic acids is 1. The summed E-state index contributed by atoms with van der Waals surface area (Å²) in [6, 6.07) is 3.39. The minimum absolute atomic E-state index is 0.113. The Morgan fingerprint density at radius 2 is 2.10 bits per heavy atom. The van der Waals surface area contributed by atoms with E-state index in [1.54, 1.807) is 0 Å². The average molecular weight is 359 g/mol. The Morgan fingerprint density at radius 1 is 1.43 bits per heavy atom. The van der Waals surface area contributed by atoms with Gasteiger partial charge < -0.3 is 10.4 Å². The van der Waals surface area contributed by atoms with E-state index < -0.39 is 22.8 Å². The average Bonchev–Trinajstić information content (AvgIpc) is 2.37. The molecule has 0 aliphatic carbocycles. The molecule has 0 bridgehead atoms. The fourth-order valence-electron chi connectivity index (χ4n) is 1.86. The number of carbonyl (C=O) groups is 2. The van der Waals surface area contributed by atoms with Crippen molar-refractivity contribution in [1.29, 1.82) is 0 Å². The SMILES string of the molecule is CCCC(CC(=O)O)NC(=O)c1cc(Br)cc([N+](=O)[O-])c1. The van der Waals surface area contributed by atoms with Crippen molar-refractivity contribution in [3.8, 4) is 0 Å². The van der Waals surface area contributed by atoms with Crippen LogP contribution in [0.15, 0.2) is 22.7 Å². The van der Waals surface area contributed by atoms with Gasteiger partial charge >= 0.3 is 5.97 Å². The maximum absolute atomic E-state index is 12.1. The van der Waals surface area contributed by atoms with Gasteiger partial charge in [0.05, 0.1) is 11.3 Å². The number of carbonyl (C=O) groups excluding carboxylic acids is 1. The van der Waals surface area contributed by atoms with Gasteiger partial charge in [-0.25, -0.2) is 0 Å². The standard InChI is InChI=1S/C13H15BrN2O5/c1-2-3-10(7-12(17)18)15-13(19)8-4-9(14)6-11(5-8)16(20)21/h4-6,10H,2-3,7H2,1H3,(H,15,19)(H,17,18). The van der Waals surface area contributed by atoms with Gasteiger partial charge in [0, 0.05) is 28.2 Å². The van der Waals surface area contributed by atoms with Crippen LogP contribution in [0.4, 0.5) is 5.69 Å². The molecule has 0 heterocycles. The topological polar surface area (TPSA) is 110 Å². The molecule has 0 spiro atoms. The number of non-ortho nitro benzene ring substituents is 1. The van der Waals surface area contributed by atoms with Crippen LogP contribution in [-0.4, -0.2) is 27.9 Å². The third-order valence-corrected chi connectivity index (χ3v) is 3.21. The molecule has 1 aromatic carbocycles. The first-order chi connectivity index (χ1) is 9.83. The van der Waals surface area contributed by atoms with Crippen molar-refractivity contribution < 1.29 is 19.6 Å². The summed E-state index contributed by atoms with van der Waals surface area (Å²) >= 11 is 3.11. The predicted molar refractivity (Wildman–Crippen MR) is 79.2 cm³/mol. The lowest BCUT2D eigenvalue weighted by atomic mass is 10.1. The summed E-state index contributed by atoms with van der Waals surface area (Å²) in [6.45, 7) is 1.88. The van der Waals surface area contributed by atoms with Gasteiger partial charge in [-0.1, -0.05) is 29.3 Å². The Labute approximate surface area is 129 Å². The van der Waals surface area contributed by atoms with Crippen molar-refractivity contribution in [3.63, 3.8) is 0 Å². The maximum Gasteiger partial charge on any atom is 0.305 e. The van der Waals surface area contributed by atoms with Crippen LogP contribution >= 0.6 is 15.9 Å². The molecule has 2 N–H and O–H groups in total. The van der Waals surface area contributed by atoms with Gasteiger partial charge in [0.1, 0.15) is 0 Å². The lowest BCUT2D eigenvalue weighted by Gasteiger charge is -2.16. The van der Waals surface area contributed by atoms with Crippen molar-refractivity contribution in [2.24, 2.45) is 0 Å². The summed E-state index contributed by atoms with van der Waals surface area (Å²) < 4.78 is 0.409. The molecule has 114 valence electrons. The van der Waals surface area contributed by atoms with Crippen LogP contribution in [0.3, 0.4) is 0 Å². The van der Waals surface area contributed by atoms with E-state index in [4.69, 9.17) is 5.11 Å². The molecule has 0 saturated carbocycles. The zero-order valence-corrected chi connectivity index (χ0v) is 12.9. The Hall–Kier alpha value is -1.96. The number of nitrogens with zero attached hydrogens (tertiary/aromatic N) is 1. The number of amides is 1. The summed E-state index contributed by atoms with van der Waals surface area (Å²) in [7, 11) is 0. The zero-order valence-electron chi connectivity index (χ0n) is 11.3. The summed E-state index contributed by atoms with van der Waals surface area (Å²) in [5, 5.41) is 22.2. The lowest BCUT2D eigenvalue weighted by Crippen LogP contribution is -2.36. The van der Waals surface area contributed by atoms with E-state index in [-0.39, 0.29) is 17.7 Å². The van der Waals surface area contributed by atoms with Crippen LogP contribution in [0.2, 0.25) is 0 Å². The van der Waals surface area contributed by atoms with Gasteiger partial charge in [0.15, 0.2) is 0 Å². The number of halogens is 1. The largest absolute Gasteiger partial charge is 0.481 e. The normalized spacial score (nSPS) is 11.7. The molecule has 1 atom stereocenters. The van der Waals surface area contributed by atoms with Gasteiger partial charge in [-0.15, -0.1) is 0 Å². The number of hydrogen-bond acceptors (Lipinski definition) is 4. The van der Waals surface area contributed by atoms with E-state index in [0.29, 0.717) is 10.9 Å². The molecule has 21 heavy (non-hydrogen) atoms. The number of hydrogen-bond donors (Lipinski definition) is 2. The molecule has 0 fully saturated rings. The first-order valence-corrected chi connectivity index (χ1v) is 7.10. The number of benzene rings is 1. The van der Waals surface area contributed by atoms with E-state index in [1.165, 1.54) is 12.1 Å². The minimum atomic E-state index is -1.01. The highest BCUT2D eigenvalue weighted by Crippen LogP contribution is 2.21. The molecule has 1 aromatic rings. The lowest BCUT2D eigenvalue weighted by molar-refractivity contribution is -0.385. The number of nitrogens with one attached hydrogen (secondary N) is 1. The van der Waals surface area contributed by atoms with Gasteiger partial charge in [-0.05, 0) is 12.5 Å². The molecule has 8 heteroatoms. The Bertz CT molecular complexity index is 561. The number of nitro benzene ring substituents is 1. The van der Waals surface area contributed by atoms with E-state index >= 15 is 0 Å². The first kappa shape index (κ1) is 17.1. The summed E-state index contributed by atoms with van der Waals surface area (Å²) in [5.74, 6) is -1.53. The Balaban J connectivity index is 2.91. The van der Waals surface area contributed by atoms with E-state index in [0.717, 1.165) is 12.5 Å². The summed E-state index contributed by atoms with van der Waals surface area (Å²) in [5.41, 5.74) is -0.0950. The third kappa shape index (κ3) is 5.50. The maximum atomic E-state index is 12.1. The molecule has 1 rings (SSSR count). The van der Waals surface area contributed by atoms with Crippen LogP contribution in [-0.2, 0) is 4.79 Å². The van der Waals surface area contributed by atoms with Crippen LogP contribution in [0.5, 0.6) is 0 Å². The Kier molecular flexibility index (Phi) is 6.29. The van der Waals surface area contributed by atoms with Crippen LogP contribution in [0.1, 0.15) is 36.5 Å². The van der Waals surface area contributed by atoms with Crippen LogP contribution in [0.25, 0.3) is 0 Å². The number of aliphatic carboxylic acids is 1. The number of carboxylic acid groups (broad SMARTS) is 1. The smallest absolute Gasteiger partial charge is 0.305 e. The minimum Gasteiger partial charge on any atom is -0.481 e. The van der Waals surface area contributed by atoms with Crippen molar-refractivity contribution in [1.82, 2.24) is 5.32 Å². The second-order valence-electron chi connectivity index (χ2n) is 4.51. The second-order valence-corrected chi connectivity index (χ2v) is 5.43. The summed E-state index contributed by atoms with van der Waals surface area (Å²) in [6.07, 6.45) is 1.06. The quantitative estimate of drug-likeness (QED) is 0.575. The monoisotopic (exact) mass is 358 g/mol. The van der Waals surface area contributed by atoms with Crippen molar-refractivity contribution in [2.75, 3.05) is 0 Å². The van der Waals surface area contributed by atoms with E-state index in [9.17, 15) is 19.7 Å². The van der Waals surface area contributed by atoms with E-state index in [1.807, 2.05) is 6.92 Å². The van der Waals surface area contributed by atoms with Gasteiger partial charge in [0.2, 0.25) is 0 Å². The highest BCUT2D eigenvalue weighted by molar-refractivity contribution is 9.10. The third-order valence-electron chi connectivity index (χ3n) is 2.75. The zero-order chi connectivity index (χ0) is 16.0. The molecule has 0 saturated heterocycles. The van der Waals surface area contributed by atoms with Crippen molar-refractivity contribution >= 4 is 33.5 Å². The number of rotatable bonds is 7. The molecular formula is C13H15BrN2O5. The second kappa shape index (κ2) is 7.72. The van der Waals surface area contributed by atoms with Gasteiger partial charge in [0.25, 0.3) is 11.6 Å². The molecule has 7 nitrogen and oxygen atoms in total.